The maximum absolute atomic E-state index is 12.3. The number of fused-ring (bicyclic) bond motifs is 1. The maximum atomic E-state index is 12.3. The Labute approximate surface area is 114 Å². The fourth-order valence-corrected chi connectivity index (χ4v) is 2.95. The summed E-state index contributed by atoms with van der Waals surface area (Å²) in [5.41, 5.74) is 3.54. The van der Waals surface area contributed by atoms with E-state index < -0.39 is 0 Å². The highest BCUT2D eigenvalue weighted by Crippen LogP contribution is 2.20. The van der Waals surface area contributed by atoms with Gasteiger partial charge in [0.15, 0.2) is 10.8 Å². The summed E-state index contributed by atoms with van der Waals surface area (Å²) in [5.74, 6) is -0.185. The van der Waals surface area contributed by atoms with Crippen molar-refractivity contribution in [3.63, 3.8) is 0 Å². The zero-order valence-corrected chi connectivity index (χ0v) is 11.7. The SMILES string of the molecule is Cc1csc(NC(=O)c2nn(C)c3c2CNCC3)n1. The van der Waals surface area contributed by atoms with E-state index in [1.54, 1.807) is 4.68 Å². The Bertz CT molecular complexity index is 630. The van der Waals surface area contributed by atoms with E-state index in [2.05, 4.69) is 20.7 Å². The lowest BCUT2D eigenvalue weighted by Crippen LogP contribution is -2.26. The molecular weight excluding hydrogens is 262 g/mol. The summed E-state index contributed by atoms with van der Waals surface area (Å²) in [4.78, 5) is 16.5. The number of anilines is 1. The number of carbonyl (C=O) groups is 1. The van der Waals surface area contributed by atoms with Crippen LogP contribution in [0.4, 0.5) is 5.13 Å². The molecule has 0 fully saturated rings. The first-order valence-electron chi connectivity index (χ1n) is 6.14. The van der Waals surface area contributed by atoms with Crippen LogP contribution < -0.4 is 10.6 Å². The molecule has 1 aliphatic rings. The normalized spacial score (nSPS) is 14.2. The van der Waals surface area contributed by atoms with Crippen molar-refractivity contribution in [2.75, 3.05) is 11.9 Å². The van der Waals surface area contributed by atoms with Crippen molar-refractivity contribution in [1.29, 1.82) is 0 Å². The van der Waals surface area contributed by atoms with Crippen molar-refractivity contribution < 1.29 is 4.79 Å². The van der Waals surface area contributed by atoms with Crippen molar-refractivity contribution in [3.8, 4) is 0 Å². The number of amides is 1. The molecule has 0 saturated heterocycles. The summed E-state index contributed by atoms with van der Waals surface area (Å²) < 4.78 is 1.80. The standard InChI is InChI=1S/C12H15N5OS/c1-7-6-19-12(14-7)15-11(18)10-8-5-13-4-3-9(8)17(2)16-10/h6,13H,3-5H2,1-2H3,(H,14,15,18). The molecular formula is C12H15N5OS. The van der Waals surface area contributed by atoms with Crippen LogP contribution in [0.2, 0.25) is 0 Å². The van der Waals surface area contributed by atoms with Gasteiger partial charge in [-0.25, -0.2) is 4.98 Å². The van der Waals surface area contributed by atoms with Crippen LogP contribution in [-0.2, 0) is 20.0 Å². The molecule has 0 saturated carbocycles. The second kappa shape index (κ2) is 4.75. The van der Waals surface area contributed by atoms with Gasteiger partial charge >= 0.3 is 0 Å². The number of nitrogens with zero attached hydrogens (tertiary/aromatic N) is 3. The first kappa shape index (κ1) is 12.3. The molecule has 0 aliphatic carbocycles. The van der Waals surface area contributed by atoms with Gasteiger partial charge in [-0.2, -0.15) is 5.10 Å². The van der Waals surface area contributed by atoms with Gasteiger partial charge in [0.25, 0.3) is 5.91 Å². The Morgan fingerprint density at radius 1 is 1.58 bits per heavy atom. The first-order chi connectivity index (χ1) is 9.15. The molecule has 2 N–H and O–H groups in total. The number of hydrogen-bond acceptors (Lipinski definition) is 5. The number of aryl methyl sites for hydroxylation is 2. The van der Waals surface area contributed by atoms with E-state index in [4.69, 9.17) is 0 Å². The molecule has 0 radical (unpaired) electrons. The van der Waals surface area contributed by atoms with Crippen molar-refractivity contribution in [3.05, 3.63) is 28.0 Å². The third kappa shape index (κ3) is 2.26. The minimum absolute atomic E-state index is 0.185. The van der Waals surface area contributed by atoms with Gasteiger partial charge in [0.2, 0.25) is 0 Å². The Balaban J connectivity index is 1.87. The van der Waals surface area contributed by atoms with Crippen LogP contribution >= 0.6 is 11.3 Å². The number of aromatic nitrogens is 3. The Kier molecular flexibility index (Phi) is 3.08. The van der Waals surface area contributed by atoms with Crippen LogP contribution in [0.5, 0.6) is 0 Å². The highest BCUT2D eigenvalue weighted by molar-refractivity contribution is 7.13. The van der Waals surface area contributed by atoms with Crippen molar-refractivity contribution in [2.24, 2.45) is 7.05 Å². The monoisotopic (exact) mass is 277 g/mol. The zero-order chi connectivity index (χ0) is 13.4. The molecule has 3 rings (SSSR count). The molecule has 0 unspecified atom stereocenters. The van der Waals surface area contributed by atoms with Crippen LogP contribution in [0, 0.1) is 6.92 Å². The lowest BCUT2D eigenvalue weighted by atomic mass is 10.1. The van der Waals surface area contributed by atoms with E-state index in [-0.39, 0.29) is 5.91 Å². The molecule has 1 amide bonds. The smallest absolute Gasteiger partial charge is 0.278 e. The van der Waals surface area contributed by atoms with Gasteiger partial charge in [-0.05, 0) is 6.92 Å². The fraction of sp³-hybridized carbons (Fsp3) is 0.417. The largest absolute Gasteiger partial charge is 0.312 e. The molecule has 6 nitrogen and oxygen atoms in total. The lowest BCUT2D eigenvalue weighted by Gasteiger charge is -2.13. The van der Waals surface area contributed by atoms with E-state index in [1.807, 2.05) is 19.4 Å². The third-order valence-corrected chi connectivity index (χ3v) is 4.05. The van der Waals surface area contributed by atoms with E-state index in [0.717, 1.165) is 29.9 Å². The molecule has 2 aromatic rings. The predicted octanol–water partition coefficient (Wildman–Crippen LogP) is 1.08. The van der Waals surface area contributed by atoms with Crippen molar-refractivity contribution >= 4 is 22.4 Å². The second-order valence-corrected chi connectivity index (χ2v) is 5.43. The molecule has 0 spiro atoms. The minimum Gasteiger partial charge on any atom is -0.312 e. The number of rotatable bonds is 2. The summed E-state index contributed by atoms with van der Waals surface area (Å²) >= 11 is 1.42. The second-order valence-electron chi connectivity index (χ2n) is 4.57. The van der Waals surface area contributed by atoms with Gasteiger partial charge in [0, 0.05) is 43.2 Å². The van der Waals surface area contributed by atoms with E-state index in [0.29, 0.717) is 17.4 Å². The maximum Gasteiger partial charge on any atom is 0.278 e. The predicted molar refractivity (Wildman–Crippen MR) is 73.4 cm³/mol. The Hall–Kier alpha value is -1.73. The highest BCUT2D eigenvalue weighted by Gasteiger charge is 2.23. The number of carbonyl (C=O) groups excluding carboxylic acids is 1. The first-order valence-corrected chi connectivity index (χ1v) is 7.02. The Morgan fingerprint density at radius 3 is 3.16 bits per heavy atom. The zero-order valence-electron chi connectivity index (χ0n) is 10.9. The lowest BCUT2D eigenvalue weighted by molar-refractivity contribution is 0.102. The molecule has 2 aromatic heterocycles. The summed E-state index contributed by atoms with van der Waals surface area (Å²) in [7, 11) is 1.88. The van der Waals surface area contributed by atoms with Gasteiger partial charge in [0.05, 0.1) is 5.69 Å². The van der Waals surface area contributed by atoms with E-state index in [1.165, 1.54) is 11.3 Å². The van der Waals surface area contributed by atoms with Crippen molar-refractivity contribution in [1.82, 2.24) is 20.1 Å². The van der Waals surface area contributed by atoms with E-state index in [9.17, 15) is 4.79 Å². The number of hydrogen-bond donors (Lipinski definition) is 2. The number of thiazole rings is 1. The Morgan fingerprint density at radius 2 is 2.42 bits per heavy atom. The fourth-order valence-electron chi connectivity index (χ4n) is 2.27. The van der Waals surface area contributed by atoms with Crippen LogP contribution in [0.15, 0.2) is 5.38 Å². The van der Waals surface area contributed by atoms with Crippen LogP contribution in [0.3, 0.4) is 0 Å². The van der Waals surface area contributed by atoms with Crippen LogP contribution in [0.1, 0.15) is 27.4 Å². The third-order valence-electron chi connectivity index (χ3n) is 3.17. The molecule has 100 valence electrons. The quantitative estimate of drug-likeness (QED) is 0.861. The summed E-state index contributed by atoms with van der Waals surface area (Å²) in [6.07, 6.45) is 0.905. The molecule has 7 heteroatoms. The topological polar surface area (TPSA) is 71.8 Å². The summed E-state index contributed by atoms with van der Waals surface area (Å²) in [5, 5.41) is 12.9. The van der Waals surface area contributed by atoms with Gasteiger partial charge in [-0.3, -0.25) is 14.8 Å². The molecule has 0 aromatic carbocycles. The molecule has 3 heterocycles. The summed E-state index contributed by atoms with van der Waals surface area (Å²) in [6, 6.07) is 0. The average molecular weight is 277 g/mol. The average Bonchev–Trinajstić information content (AvgIpc) is 2.95. The molecule has 0 bridgehead atoms. The summed E-state index contributed by atoms with van der Waals surface area (Å²) in [6.45, 7) is 3.53. The van der Waals surface area contributed by atoms with Crippen LogP contribution in [-0.4, -0.2) is 27.2 Å². The highest BCUT2D eigenvalue weighted by atomic mass is 32.1. The van der Waals surface area contributed by atoms with Gasteiger partial charge < -0.3 is 5.32 Å². The van der Waals surface area contributed by atoms with Gasteiger partial charge in [-0.1, -0.05) is 0 Å². The van der Waals surface area contributed by atoms with Crippen molar-refractivity contribution in [2.45, 2.75) is 19.9 Å². The van der Waals surface area contributed by atoms with E-state index >= 15 is 0 Å². The molecule has 19 heavy (non-hydrogen) atoms. The van der Waals surface area contributed by atoms with Gasteiger partial charge in [-0.15, -0.1) is 11.3 Å². The van der Waals surface area contributed by atoms with Gasteiger partial charge in [0.1, 0.15) is 0 Å². The molecule has 1 aliphatic heterocycles. The molecule has 0 atom stereocenters. The minimum atomic E-state index is -0.185. The number of nitrogens with one attached hydrogen (secondary N) is 2. The van der Waals surface area contributed by atoms with Crippen LogP contribution in [0.25, 0.3) is 0 Å².